The van der Waals surface area contributed by atoms with E-state index < -0.39 is 0 Å². The molecule has 2 aromatic heterocycles. The highest BCUT2D eigenvalue weighted by Crippen LogP contribution is 2.24. The molecule has 0 saturated heterocycles. The normalized spacial score (nSPS) is 10.8. The van der Waals surface area contributed by atoms with Crippen molar-refractivity contribution in [1.29, 1.82) is 0 Å². The summed E-state index contributed by atoms with van der Waals surface area (Å²) in [5.74, 6) is 1.37. The number of nitrogens with zero attached hydrogens (tertiary/aromatic N) is 3. The van der Waals surface area contributed by atoms with Gasteiger partial charge in [0.1, 0.15) is 5.75 Å². The molecule has 0 aliphatic carbocycles. The molecule has 0 spiro atoms. The van der Waals surface area contributed by atoms with Crippen LogP contribution in [0.25, 0.3) is 0 Å². The highest BCUT2D eigenvalue weighted by molar-refractivity contribution is 5.33. The number of aromatic nitrogens is 3. The number of rotatable bonds is 4. The van der Waals surface area contributed by atoms with Crippen molar-refractivity contribution in [3.05, 3.63) is 36.4 Å². The highest BCUT2D eigenvalue weighted by Gasteiger charge is 2.06. The number of nitrogens with two attached hydrogens (primary N) is 1. The molecule has 0 aromatic carbocycles. The monoisotopic (exact) mass is 232 g/mol. The van der Waals surface area contributed by atoms with E-state index in [1.165, 1.54) is 0 Å². The molecule has 0 unspecified atom stereocenters. The summed E-state index contributed by atoms with van der Waals surface area (Å²) in [5.41, 5.74) is 6.56. The Morgan fingerprint density at radius 2 is 2.24 bits per heavy atom. The Hall–Kier alpha value is -1.88. The van der Waals surface area contributed by atoms with Crippen LogP contribution in [0, 0.1) is 0 Å². The topological polar surface area (TPSA) is 66.0 Å². The zero-order chi connectivity index (χ0) is 12.3. The van der Waals surface area contributed by atoms with Crippen molar-refractivity contribution < 1.29 is 4.74 Å². The molecule has 2 N–H and O–H groups in total. The zero-order valence-electron chi connectivity index (χ0n) is 10.00. The highest BCUT2D eigenvalue weighted by atomic mass is 16.5. The Kier molecular flexibility index (Phi) is 3.39. The van der Waals surface area contributed by atoms with E-state index in [2.05, 4.69) is 23.9 Å². The lowest BCUT2D eigenvalue weighted by Crippen LogP contribution is -2.00. The molecule has 5 heteroatoms. The Morgan fingerprint density at radius 1 is 1.41 bits per heavy atom. The fraction of sp³-hybridized carbons (Fsp3) is 0.333. The molecule has 0 saturated carbocycles. The molecule has 5 nitrogen and oxygen atoms in total. The number of pyridine rings is 1. The minimum atomic E-state index is 0.315. The Balaban J connectivity index is 2.19. The predicted octanol–water partition coefficient (Wildman–Crippen LogP) is 2.11. The van der Waals surface area contributed by atoms with Gasteiger partial charge in [-0.3, -0.25) is 9.67 Å². The third kappa shape index (κ3) is 2.62. The van der Waals surface area contributed by atoms with Crippen LogP contribution < -0.4 is 10.5 Å². The lowest BCUT2D eigenvalue weighted by atomic mass is 10.2. The Bertz CT molecular complexity index is 493. The van der Waals surface area contributed by atoms with Crippen molar-refractivity contribution in [2.45, 2.75) is 26.4 Å². The standard InChI is InChI=1S/C12H16N4O/c1-9(2)16-8-11(6-15-16)17-12-7-14-4-3-10(12)5-13/h3-4,6-9H,5,13H2,1-2H3. The van der Waals surface area contributed by atoms with E-state index in [0.717, 1.165) is 5.56 Å². The fourth-order valence-electron chi connectivity index (χ4n) is 1.45. The van der Waals surface area contributed by atoms with Crippen LogP contribution in [0.1, 0.15) is 25.5 Å². The molecule has 2 heterocycles. The van der Waals surface area contributed by atoms with Crippen molar-refractivity contribution in [2.75, 3.05) is 0 Å². The maximum Gasteiger partial charge on any atom is 0.165 e. The summed E-state index contributed by atoms with van der Waals surface area (Å²) < 4.78 is 7.55. The minimum absolute atomic E-state index is 0.315. The van der Waals surface area contributed by atoms with Crippen LogP contribution in [-0.4, -0.2) is 14.8 Å². The van der Waals surface area contributed by atoms with Crippen molar-refractivity contribution in [3.63, 3.8) is 0 Å². The van der Waals surface area contributed by atoms with Gasteiger partial charge in [-0.1, -0.05) is 0 Å². The summed E-state index contributed by atoms with van der Waals surface area (Å²) in [5, 5.41) is 4.21. The van der Waals surface area contributed by atoms with Crippen LogP contribution in [0.3, 0.4) is 0 Å². The van der Waals surface area contributed by atoms with Gasteiger partial charge in [0.05, 0.1) is 18.6 Å². The van der Waals surface area contributed by atoms with Crippen molar-refractivity contribution in [1.82, 2.24) is 14.8 Å². The Labute approximate surface area is 100 Å². The third-order valence-electron chi connectivity index (χ3n) is 2.42. The molecule has 0 aliphatic rings. The molecule has 17 heavy (non-hydrogen) atoms. The zero-order valence-corrected chi connectivity index (χ0v) is 10.00. The maximum absolute atomic E-state index is 5.71. The number of hydrogen-bond donors (Lipinski definition) is 1. The van der Waals surface area contributed by atoms with E-state index in [1.807, 2.05) is 16.9 Å². The second-order valence-electron chi connectivity index (χ2n) is 4.04. The van der Waals surface area contributed by atoms with Crippen LogP contribution >= 0.6 is 0 Å². The first kappa shape index (κ1) is 11.6. The van der Waals surface area contributed by atoms with Crippen LogP contribution in [0.4, 0.5) is 0 Å². The molecular formula is C12H16N4O. The van der Waals surface area contributed by atoms with Gasteiger partial charge >= 0.3 is 0 Å². The summed E-state index contributed by atoms with van der Waals surface area (Å²) in [7, 11) is 0. The molecule has 0 radical (unpaired) electrons. The smallest absolute Gasteiger partial charge is 0.165 e. The van der Waals surface area contributed by atoms with Crippen molar-refractivity contribution >= 4 is 0 Å². The van der Waals surface area contributed by atoms with Gasteiger partial charge < -0.3 is 10.5 Å². The quantitative estimate of drug-likeness (QED) is 0.876. The van der Waals surface area contributed by atoms with Gasteiger partial charge in [0.15, 0.2) is 5.75 Å². The van der Waals surface area contributed by atoms with Gasteiger partial charge in [-0.2, -0.15) is 5.10 Å². The maximum atomic E-state index is 5.71. The average Bonchev–Trinajstić information content (AvgIpc) is 2.78. The first-order chi connectivity index (χ1) is 8.20. The second-order valence-corrected chi connectivity index (χ2v) is 4.04. The van der Waals surface area contributed by atoms with Crippen molar-refractivity contribution in [3.8, 4) is 11.5 Å². The Morgan fingerprint density at radius 3 is 2.88 bits per heavy atom. The summed E-state index contributed by atoms with van der Waals surface area (Å²) in [6.45, 7) is 4.55. The molecular weight excluding hydrogens is 216 g/mol. The van der Waals surface area contributed by atoms with E-state index in [9.17, 15) is 0 Å². The van der Waals surface area contributed by atoms with Crippen LogP contribution in [-0.2, 0) is 6.54 Å². The van der Waals surface area contributed by atoms with Gasteiger partial charge in [0.25, 0.3) is 0 Å². The van der Waals surface area contributed by atoms with Crippen LogP contribution in [0.5, 0.6) is 11.5 Å². The SMILES string of the molecule is CC(C)n1cc(Oc2cnccc2CN)cn1. The van der Waals surface area contributed by atoms with Crippen LogP contribution in [0.2, 0.25) is 0 Å². The first-order valence-corrected chi connectivity index (χ1v) is 5.55. The molecule has 2 rings (SSSR count). The largest absolute Gasteiger partial charge is 0.452 e. The average molecular weight is 232 g/mol. The van der Waals surface area contributed by atoms with Crippen LogP contribution in [0.15, 0.2) is 30.9 Å². The summed E-state index contributed by atoms with van der Waals surface area (Å²) in [6.07, 6.45) is 6.91. The summed E-state index contributed by atoms with van der Waals surface area (Å²) in [6, 6.07) is 2.16. The predicted molar refractivity (Wildman–Crippen MR) is 64.8 cm³/mol. The molecule has 0 amide bonds. The lowest BCUT2D eigenvalue weighted by molar-refractivity contribution is 0.469. The third-order valence-corrected chi connectivity index (χ3v) is 2.42. The molecule has 0 fully saturated rings. The van der Waals surface area contributed by atoms with Gasteiger partial charge in [-0.15, -0.1) is 0 Å². The van der Waals surface area contributed by atoms with E-state index in [-0.39, 0.29) is 0 Å². The number of hydrogen-bond acceptors (Lipinski definition) is 4. The van der Waals surface area contributed by atoms with Crippen molar-refractivity contribution in [2.24, 2.45) is 5.73 Å². The van der Waals surface area contributed by atoms with E-state index in [1.54, 1.807) is 18.6 Å². The second kappa shape index (κ2) is 4.97. The minimum Gasteiger partial charge on any atom is -0.452 e. The van der Waals surface area contributed by atoms with E-state index in [4.69, 9.17) is 10.5 Å². The van der Waals surface area contributed by atoms with Gasteiger partial charge in [-0.05, 0) is 19.9 Å². The molecule has 0 bridgehead atoms. The molecule has 2 aromatic rings. The van der Waals surface area contributed by atoms with E-state index >= 15 is 0 Å². The van der Waals surface area contributed by atoms with Gasteiger partial charge in [-0.25, -0.2) is 0 Å². The van der Waals surface area contributed by atoms with Gasteiger partial charge in [0.2, 0.25) is 0 Å². The lowest BCUT2D eigenvalue weighted by Gasteiger charge is -2.07. The number of ether oxygens (including phenoxy) is 1. The molecule has 0 aliphatic heterocycles. The first-order valence-electron chi connectivity index (χ1n) is 5.55. The van der Waals surface area contributed by atoms with E-state index in [0.29, 0.717) is 24.1 Å². The fourth-order valence-corrected chi connectivity index (χ4v) is 1.45. The summed E-state index contributed by atoms with van der Waals surface area (Å²) in [4.78, 5) is 4.02. The summed E-state index contributed by atoms with van der Waals surface area (Å²) >= 11 is 0. The molecule has 0 atom stereocenters. The van der Waals surface area contributed by atoms with Gasteiger partial charge in [0, 0.05) is 24.3 Å². The molecule has 90 valence electrons.